The fourth-order valence-corrected chi connectivity index (χ4v) is 3.19. The number of ether oxygens (including phenoxy) is 2. The van der Waals surface area contributed by atoms with Gasteiger partial charge in [0.1, 0.15) is 29.3 Å². The molecule has 0 bridgehead atoms. The van der Waals surface area contributed by atoms with Gasteiger partial charge in [-0.2, -0.15) is 10.5 Å². The number of para-hydroxylation sites is 2. The molecule has 4 aromatic rings. The summed E-state index contributed by atoms with van der Waals surface area (Å²) in [5.41, 5.74) is 2.40. The molecule has 9 nitrogen and oxygen atoms in total. The Morgan fingerprint density at radius 3 is 2.58 bits per heavy atom. The number of hydrogen-bond acceptors (Lipinski definition) is 7. The molecule has 0 atom stereocenters. The van der Waals surface area contributed by atoms with Gasteiger partial charge in [-0.15, -0.1) is 0 Å². The predicted octanol–water partition coefficient (Wildman–Crippen LogP) is 5.21. The van der Waals surface area contributed by atoms with Crippen molar-refractivity contribution in [2.75, 3.05) is 7.11 Å². The normalized spacial score (nSPS) is 10.9. The van der Waals surface area contributed by atoms with Gasteiger partial charge in [-0.25, -0.2) is 4.98 Å². The summed E-state index contributed by atoms with van der Waals surface area (Å²) in [4.78, 5) is 17.9. The SMILES string of the molecule is COc1cc(C=C(C#N)c2nc3ccccc3[nH]2)ccc1Oc1ccc([N+](=O)[O-])cc1C#N. The van der Waals surface area contributed by atoms with Gasteiger partial charge in [-0.05, 0) is 42.0 Å². The van der Waals surface area contributed by atoms with Crippen LogP contribution in [0.5, 0.6) is 17.2 Å². The zero-order valence-electron chi connectivity index (χ0n) is 17.3. The maximum Gasteiger partial charge on any atom is 0.271 e. The molecule has 3 aromatic carbocycles. The lowest BCUT2D eigenvalue weighted by atomic mass is 10.1. The third-order valence-electron chi connectivity index (χ3n) is 4.78. The molecule has 4 rings (SSSR count). The minimum Gasteiger partial charge on any atom is -0.493 e. The molecule has 0 saturated carbocycles. The van der Waals surface area contributed by atoms with Crippen LogP contribution in [0.25, 0.3) is 22.7 Å². The van der Waals surface area contributed by atoms with Gasteiger partial charge in [-0.3, -0.25) is 10.1 Å². The Hall–Kier alpha value is -5.15. The average molecular weight is 437 g/mol. The third-order valence-corrected chi connectivity index (χ3v) is 4.78. The van der Waals surface area contributed by atoms with Crippen LogP contribution in [0, 0.1) is 32.8 Å². The van der Waals surface area contributed by atoms with E-state index in [0.717, 1.165) is 17.1 Å². The second kappa shape index (κ2) is 8.92. The first-order chi connectivity index (χ1) is 16.0. The predicted molar refractivity (Wildman–Crippen MR) is 120 cm³/mol. The highest BCUT2D eigenvalue weighted by molar-refractivity contribution is 5.90. The number of nitro groups is 1. The summed E-state index contributed by atoms with van der Waals surface area (Å²) in [5, 5.41) is 29.9. The molecule has 1 N–H and O–H groups in total. The van der Waals surface area contributed by atoms with Gasteiger partial charge in [0.2, 0.25) is 0 Å². The van der Waals surface area contributed by atoms with E-state index in [1.807, 2.05) is 30.3 Å². The molecular formula is C24H15N5O4. The van der Waals surface area contributed by atoms with Crippen LogP contribution in [-0.2, 0) is 0 Å². The first-order valence-corrected chi connectivity index (χ1v) is 9.63. The number of imidazole rings is 1. The van der Waals surface area contributed by atoms with Gasteiger partial charge in [0, 0.05) is 12.1 Å². The number of rotatable bonds is 6. The number of fused-ring (bicyclic) bond motifs is 1. The van der Waals surface area contributed by atoms with Crippen LogP contribution in [0.2, 0.25) is 0 Å². The van der Waals surface area contributed by atoms with Gasteiger partial charge >= 0.3 is 0 Å². The van der Waals surface area contributed by atoms with Crippen molar-refractivity contribution in [3.05, 3.63) is 87.7 Å². The van der Waals surface area contributed by atoms with E-state index in [2.05, 4.69) is 16.0 Å². The second-order valence-corrected chi connectivity index (χ2v) is 6.83. The van der Waals surface area contributed by atoms with Crippen molar-refractivity contribution in [3.63, 3.8) is 0 Å². The lowest BCUT2D eigenvalue weighted by molar-refractivity contribution is -0.384. The van der Waals surface area contributed by atoms with Crippen molar-refractivity contribution in [3.8, 4) is 29.4 Å². The monoisotopic (exact) mass is 437 g/mol. The summed E-state index contributed by atoms with van der Waals surface area (Å²) in [6, 6.07) is 20.3. The summed E-state index contributed by atoms with van der Waals surface area (Å²) < 4.78 is 11.2. The van der Waals surface area contributed by atoms with Crippen LogP contribution >= 0.6 is 0 Å². The van der Waals surface area contributed by atoms with E-state index < -0.39 is 4.92 Å². The van der Waals surface area contributed by atoms with E-state index in [0.29, 0.717) is 28.5 Å². The Morgan fingerprint density at radius 1 is 1.09 bits per heavy atom. The Kier molecular flexibility index (Phi) is 5.70. The number of aromatic nitrogens is 2. The van der Waals surface area contributed by atoms with Crippen molar-refractivity contribution >= 4 is 28.4 Å². The number of benzene rings is 3. The smallest absolute Gasteiger partial charge is 0.271 e. The molecule has 0 aliphatic rings. The number of non-ortho nitro benzene ring substituents is 1. The highest BCUT2D eigenvalue weighted by Crippen LogP contribution is 2.35. The maximum absolute atomic E-state index is 10.9. The van der Waals surface area contributed by atoms with Gasteiger partial charge in [0.25, 0.3) is 5.69 Å². The van der Waals surface area contributed by atoms with Gasteiger partial charge in [0.15, 0.2) is 11.5 Å². The van der Waals surface area contributed by atoms with Crippen LogP contribution in [0.3, 0.4) is 0 Å². The Morgan fingerprint density at radius 2 is 1.88 bits per heavy atom. The van der Waals surface area contributed by atoms with Crippen LogP contribution in [0.1, 0.15) is 17.0 Å². The molecule has 0 unspecified atom stereocenters. The van der Waals surface area contributed by atoms with E-state index in [9.17, 15) is 20.6 Å². The second-order valence-electron chi connectivity index (χ2n) is 6.83. The van der Waals surface area contributed by atoms with Crippen molar-refractivity contribution in [2.45, 2.75) is 0 Å². The zero-order chi connectivity index (χ0) is 23.4. The van der Waals surface area contributed by atoms with Crippen molar-refractivity contribution in [2.24, 2.45) is 0 Å². The van der Waals surface area contributed by atoms with Crippen LogP contribution < -0.4 is 9.47 Å². The van der Waals surface area contributed by atoms with Gasteiger partial charge < -0.3 is 14.5 Å². The largest absolute Gasteiger partial charge is 0.493 e. The number of H-pyrrole nitrogens is 1. The standard InChI is InChI=1S/C24H15N5O4/c1-32-23-11-15(10-17(14-26)24-27-19-4-2-3-5-20(19)28-24)6-8-22(23)33-21-9-7-18(29(30)31)12-16(21)13-25/h2-12H,1H3,(H,27,28). The maximum atomic E-state index is 10.9. The molecule has 0 saturated heterocycles. The molecule has 0 radical (unpaired) electrons. The number of nitro benzene ring substituents is 1. The molecule has 160 valence electrons. The van der Waals surface area contributed by atoms with E-state index in [4.69, 9.17) is 9.47 Å². The molecule has 0 fully saturated rings. The van der Waals surface area contributed by atoms with Gasteiger partial charge in [0.05, 0.1) is 28.6 Å². The summed E-state index contributed by atoms with van der Waals surface area (Å²) >= 11 is 0. The lowest BCUT2D eigenvalue weighted by Crippen LogP contribution is -1.95. The van der Waals surface area contributed by atoms with Crippen molar-refractivity contribution in [1.29, 1.82) is 10.5 Å². The summed E-state index contributed by atoms with van der Waals surface area (Å²) in [5.74, 6) is 1.27. The van der Waals surface area contributed by atoms with E-state index in [1.54, 1.807) is 24.3 Å². The fraction of sp³-hybridized carbons (Fsp3) is 0.0417. The fourth-order valence-electron chi connectivity index (χ4n) is 3.19. The summed E-state index contributed by atoms with van der Waals surface area (Å²) in [7, 11) is 1.46. The molecule has 0 spiro atoms. The number of nitriles is 2. The van der Waals surface area contributed by atoms with Gasteiger partial charge in [-0.1, -0.05) is 18.2 Å². The Bertz CT molecular complexity index is 1460. The lowest BCUT2D eigenvalue weighted by Gasteiger charge is -2.12. The summed E-state index contributed by atoms with van der Waals surface area (Å²) in [6.07, 6.45) is 1.66. The van der Waals surface area contributed by atoms with Crippen LogP contribution in [-0.4, -0.2) is 22.0 Å². The number of hydrogen-bond donors (Lipinski definition) is 1. The van der Waals surface area contributed by atoms with Crippen LogP contribution in [0.4, 0.5) is 5.69 Å². The number of aromatic amines is 1. The first kappa shape index (κ1) is 21.1. The number of nitrogens with one attached hydrogen (secondary N) is 1. The molecule has 9 heteroatoms. The molecule has 1 heterocycles. The quantitative estimate of drug-likeness (QED) is 0.248. The molecule has 0 aliphatic carbocycles. The molecular weight excluding hydrogens is 422 g/mol. The third kappa shape index (κ3) is 4.33. The highest BCUT2D eigenvalue weighted by Gasteiger charge is 2.15. The highest BCUT2D eigenvalue weighted by atomic mass is 16.6. The van der Waals surface area contributed by atoms with E-state index >= 15 is 0 Å². The van der Waals surface area contributed by atoms with Crippen molar-refractivity contribution < 1.29 is 14.4 Å². The number of allylic oxidation sites excluding steroid dienone is 1. The number of methoxy groups -OCH3 is 1. The Labute approximate surface area is 187 Å². The summed E-state index contributed by atoms with van der Waals surface area (Å²) in [6.45, 7) is 0. The minimum absolute atomic E-state index is 0.0203. The number of nitrogens with zero attached hydrogens (tertiary/aromatic N) is 4. The first-order valence-electron chi connectivity index (χ1n) is 9.63. The van der Waals surface area contributed by atoms with Crippen LogP contribution in [0.15, 0.2) is 60.7 Å². The van der Waals surface area contributed by atoms with Crippen molar-refractivity contribution in [1.82, 2.24) is 9.97 Å². The zero-order valence-corrected chi connectivity index (χ0v) is 17.3. The van der Waals surface area contributed by atoms with E-state index in [-0.39, 0.29) is 17.0 Å². The molecule has 0 aliphatic heterocycles. The average Bonchev–Trinajstić information content (AvgIpc) is 3.27. The topological polar surface area (TPSA) is 138 Å². The Balaban J connectivity index is 1.66. The molecule has 1 aromatic heterocycles. The van der Waals surface area contributed by atoms with E-state index in [1.165, 1.54) is 19.2 Å². The molecule has 0 amide bonds. The molecule has 33 heavy (non-hydrogen) atoms. The minimum atomic E-state index is -0.582.